The number of hydrogen-bond donors (Lipinski definition) is 0. The summed E-state index contributed by atoms with van der Waals surface area (Å²) in [6.45, 7) is 5.97. The summed E-state index contributed by atoms with van der Waals surface area (Å²) >= 11 is 0. The van der Waals surface area contributed by atoms with Crippen LogP contribution in [0.3, 0.4) is 0 Å². The third-order valence-corrected chi connectivity index (χ3v) is 5.03. The predicted octanol–water partition coefficient (Wildman–Crippen LogP) is 5.89. The Kier molecular flexibility index (Phi) is 6.43. The van der Waals surface area contributed by atoms with E-state index in [4.69, 9.17) is 0 Å². The van der Waals surface area contributed by atoms with E-state index >= 15 is 0 Å². The number of hydrogen-bond acceptors (Lipinski definition) is 2. The highest BCUT2D eigenvalue weighted by atomic mass is 16.1. The van der Waals surface area contributed by atoms with Crippen LogP contribution >= 0.6 is 0 Å². The molecule has 0 saturated heterocycles. The maximum Gasteiger partial charge on any atom is 0.120 e. The third-order valence-electron chi connectivity index (χ3n) is 5.03. The highest BCUT2D eigenvalue weighted by molar-refractivity contribution is 5.55. The molecule has 0 fully saturated rings. The first kappa shape index (κ1) is 18.9. The molecule has 0 spiro atoms. The van der Waals surface area contributed by atoms with Gasteiger partial charge in [-0.15, -0.1) is 0 Å². The fourth-order valence-electron chi connectivity index (χ4n) is 3.53. The topological polar surface area (TPSA) is 20.3 Å². The highest BCUT2D eigenvalue weighted by Crippen LogP contribution is 2.28. The Bertz CT molecular complexity index is 817. The summed E-state index contributed by atoms with van der Waals surface area (Å²) in [5.41, 5.74) is 6.30. The van der Waals surface area contributed by atoms with Gasteiger partial charge in [-0.05, 0) is 47.2 Å². The van der Waals surface area contributed by atoms with Gasteiger partial charge in [0.15, 0.2) is 0 Å². The fourth-order valence-corrected chi connectivity index (χ4v) is 3.53. The van der Waals surface area contributed by atoms with Crippen LogP contribution in [0.2, 0.25) is 0 Å². The first-order valence-corrected chi connectivity index (χ1v) is 9.54. The molecular formula is C25H27NO. The van der Waals surface area contributed by atoms with Crippen molar-refractivity contribution in [1.82, 2.24) is 0 Å². The van der Waals surface area contributed by atoms with Crippen molar-refractivity contribution < 1.29 is 4.79 Å². The van der Waals surface area contributed by atoms with Gasteiger partial charge >= 0.3 is 0 Å². The Labute approximate surface area is 162 Å². The minimum Gasteiger partial charge on any atom is -0.363 e. The highest BCUT2D eigenvalue weighted by Gasteiger charge is 2.13. The van der Waals surface area contributed by atoms with E-state index in [1.165, 1.54) is 27.9 Å². The number of anilines is 1. The van der Waals surface area contributed by atoms with Crippen LogP contribution in [0, 0.1) is 6.92 Å². The van der Waals surface area contributed by atoms with Gasteiger partial charge in [0.25, 0.3) is 0 Å². The van der Waals surface area contributed by atoms with Gasteiger partial charge in [0.05, 0.1) is 0 Å². The average molecular weight is 357 g/mol. The van der Waals surface area contributed by atoms with Crippen LogP contribution < -0.4 is 4.90 Å². The molecule has 27 heavy (non-hydrogen) atoms. The van der Waals surface area contributed by atoms with Crippen molar-refractivity contribution in [1.29, 1.82) is 0 Å². The minimum absolute atomic E-state index is 0.258. The summed E-state index contributed by atoms with van der Waals surface area (Å²) in [5.74, 6) is 0.258. The Balaban J connectivity index is 1.89. The molecule has 2 heteroatoms. The summed E-state index contributed by atoms with van der Waals surface area (Å²) in [4.78, 5) is 13.3. The van der Waals surface area contributed by atoms with E-state index in [0.717, 1.165) is 19.4 Å². The lowest BCUT2D eigenvalue weighted by Crippen LogP contribution is -2.22. The molecule has 0 radical (unpaired) electrons. The lowest BCUT2D eigenvalue weighted by Gasteiger charge is -2.27. The second-order valence-electron chi connectivity index (χ2n) is 7.17. The quantitative estimate of drug-likeness (QED) is 0.468. The smallest absolute Gasteiger partial charge is 0.120 e. The molecular weight excluding hydrogens is 330 g/mol. The van der Waals surface area contributed by atoms with Crippen molar-refractivity contribution in [3.63, 3.8) is 0 Å². The van der Waals surface area contributed by atoms with E-state index in [1.807, 2.05) is 0 Å². The van der Waals surface area contributed by atoms with Crippen molar-refractivity contribution in [2.45, 2.75) is 39.3 Å². The number of benzene rings is 3. The summed E-state index contributed by atoms with van der Waals surface area (Å²) in [5, 5.41) is 0. The van der Waals surface area contributed by atoms with Crippen LogP contribution in [0.25, 0.3) is 0 Å². The van der Waals surface area contributed by atoms with Gasteiger partial charge < -0.3 is 9.69 Å². The molecule has 0 aliphatic carbocycles. The molecule has 138 valence electrons. The second-order valence-corrected chi connectivity index (χ2v) is 7.17. The molecule has 1 atom stereocenters. The number of aryl methyl sites for hydroxylation is 1. The SMILES string of the molecule is Cc1cc(N(Cc2ccccc2)Cc2ccccc2)ccc1[C@H](C)CC=O. The summed E-state index contributed by atoms with van der Waals surface area (Å²) in [7, 11) is 0. The van der Waals surface area contributed by atoms with Gasteiger partial charge in [-0.3, -0.25) is 0 Å². The average Bonchev–Trinajstić information content (AvgIpc) is 2.69. The first-order chi connectivity index (χ1) is 13.2. The van der Waals surface area contributed by atoms with Gasteiger partial charge in [0, 0.05) is 25.2 Å². The third kappa shape index (κ3) is 5.07. The van der Waals surface area contributed by atoms with Crippen molar-refractivity contribution in [3.05, 3.63) is 101 Å². The number of aldehydes is 1. The maximum absolute atomic E-state index is 10.9. The predicted molar refractivity (Wildman–Crippen MR) is 113 cm³/mol. The van der Waals surface area contributed by atoms with Crippen LogP contribution in [-0.4, -0.2) is 6.29 Å². The molecule has 0 amide bonds. The molecule has 0 unspecified atom stereocenters. The normalized spacial score (nSPS) is 11.8. The number of rotatable bonds is 8. The van der Waals surface area contributed by atoms with E-state index in [9.17, 15) is 4.79 Å². The zero-order chi connectivity index (χ0) is 19.1. The Morgan fingerprint density at radius 2 is 1.41 bits per heavy atom. The van der Waals surface area contributed by atoms with Crippen LogP contribution in [0.4, 0.5) is 5.69 Å². The van der Waals surface area contributed by atoms with Gasteiger partial charge in [0.2, 0.25) is 0 Å². The van der Waals surface area contributed by atoms with Crippen LogP contribution in [-0.2, 0) is 17.9 Å². The van der Waals surface area contributed by atoms with Gasteiger partial charge in [-0.2, -0.15) is 0 Å². The van der Waals surface area contributed by atoms with Crippen LogP contribution in [0.15, 0.2) is 78.9 Å². The molecule has 0 bridgehead atoms. The summed E-state index contributed by atoms with van der Waals surface area (Å²) in [6, 6.07) is 27.8. The van der Waals surface area contributed by atoms with Gasteiger partial charge in [-0.25, -0.2) is 0 Å². The lowest BCUT2D eigenvalue weighted by molar-refractivity contribution is -0.108. The molecule has 0 N–H and O–H groups in total. The first-order valence-electron chi connectivity index (χ1n) is 9.54. The maximum atomic E-state index is 10.9. The molecule has 0 aliphatic rings. The van der Waals surface area contributed by atoms with Gasteiger partial charge in [0.1, 0.15) is 6.29 Å². The van der Waals surface area contributed by atoms with Gasteiger partial charge in [-0.1, -0.05) is 73.7 Å². The summed E-state index contributed by atoms with van der Waals surface area (Å²) < 4.78 is 0. The second kappa shape index (κ2) is 9.18. The Morgan fingerprint density at radius 1 is 0.852 bits per heavy atom. The van der Waals surface area contributed by atoms with Crippen LogP contribution in [0.5, 0.6) is 0 Å². The van der Waals surface area contributed by atoms with Crippen molar-refractivity contribution in [2.24, 2.45) is 0 Å². The largest absolute Gasteiger partial charge is 0.363 e. The molecule has 3 aromatic rings. The summed E-state index contributed by atoms with van der Waals surface area (Å²) in [6.07, 6.45) is 1.58. The van der Waals surface area contributed by atoms with E-state index in [2.05, 4.69) is 97.6 Å². The molecule has 0 aromatic heterocycles. The number of nitrogens with zero attached hydrogens (tertiary/aromatic N) is 1. The number of carbonyl (C=O) groups excluding carboxylic acids is 1. The Morgan fingerprint density at radius 3 is 1.89 bits per heavy atom. The zero-order valence-electron chi connectivity index (χ0n) is 16.1. The van der Waals surface area contributed by atoms with Crippen molar-refractivity contribution >= 4 is 12.0 Å². The zero-order valence-corrected chi connectivity index (χ0v) is 16.1. The number of carbonyl (C=O) groups is 1. The van der Waals surface area contributed by atoms with E-state index < -0.39 is 0 Å². The molecule has 0 saturated carbocycles. The lowest BCUT2D eigenvalue weighted by atomic mass is 9.93. The molecule has 2 nitrogen and oxygen atoms in total. The standard InChI is InChI=1S/C25H27NO/c1-20(15-16-27)25-14-13-24(17-21(25)2)26(18-22-9-5-3-6-10-22)19-23-11-7-4-8-12-23/h3-14,16-17,20H,15,18-19H2,1-2H3/t20-/m1/s1. The van der Waals surface area contributed by atoms with Crippen molar-refractivity contribution in [3.8, 4) is 0 Å². The monoisotopic (exact) mass is 357 g/mol. The van der Waals surface area contributed by atoms with E-state index in [1.54, 1.807) is 0 Å². The minimum atomic E-state index is 0.258. The van der Waals surface area contributed by atoms with Crippen LogP contribution in [0.1, 0.15) is 41.5 Å². The van der Waals surface area contributed by atoms with Crippen molar-refractivity contribution in [2.75, 3.05) is 4.90 Å². The molecule has 0 heterocycles. The Hall–Kier alpha value is -2.87. The van der Waals surface area contributed by atoms with E-state index in [0.29, 0.717) is 6.42 Å². The fraction of sp³-hybridized carbons (Fsp3) is 0.240. The van der Waals surface area contributed by atoms with E-state index in [-0.39, 0.29) is 5.92 Å². The molecule has 3 rings (SSSR count). The molecule has 0 aliphatic heterocycles. The molecule has 3 aromatic carbocycles.